The minimum absolute atomic E-state index is 0.0106. The second-order valence-corrected chi connectivity index (χ2v) is 4.93. The number of ether oxygens (including phenoxy) is 2. The average Bonchev–Trinajstić information content (AvgIpc) is 2.59. The maximum absolute atomic E-state index is 12.7. The van der Waals surface area contributed by atoms with Gasteiger partial charge in [0.25, 0.3) is 5.91 Å². The Balaban J connectivity index is 2.14. The van der Waals surface area contributed by atoms with Gasteiger partial charge in [0, 0.05) is 25.8 Å². The third-order valence-electron chi connectivity index (χ3n) is 3.41. The van der Waals surface area contributed by atoms with Gasteiger partial charge in [-0.1, -0.05) is 30.3 Å². The molecule has 0 radical (unpaired) electrons. The number of hydrogen-bond donors (Lipinski definition) is 0. The van der Waals surface area contributed by atoms with Crippen molar-refractivity contribution < 1.29 is 14.3 Å². The number of methoxy groups -OCH3 is 2. The standard InChI is InChI=1S/C18H21NO3/c1-21-13-12-19(14-15-6-4-3-5-7-15)18(20)16-8-10-17(22-2)11-9-16/h3-11H,12-14H2,1-2H3. The number of benzene rings is 2. The molecule has 0 atom stereocenters. The Morgan fingerprint density at radius 3 is 2.27 bits per heavy atom. The molecule has 4 heteroatoms. The van der Waals surface area contributed by atoms with Gasteiger partial charge in [0.15, 0.2) is 0 Å². The van der Waals surface area contributed by atoms with E-state index < -0.39 is 0 Å². The fraction of sp³-hybridized carbons (Fsp3) is 0.278. The Labute approximate surface area is 131 Å². The summed E-state index contributed by atoms with van der Waals surface area (Å²) in [7, 11) is 3.25. The van der Waals surface area contributed by atoms with Crippen molar-refractivity contribution in [3.63, 3.8) is 0 Å². The molecule has 0 heterocycles. The minimum Gasteiger partial charge on any atom is -0.497 e. The zero-order chi connectivity index (χ0) is 15.8. The second kappa shape index (κ2) is 8.20. The molecule has 0 N–H and O–H groups in total. The quantitative estimate of drug-likeness (QED) is 0.789. The fourth-order valence-electron chi connectivity index (χ4n) is 2.17. The van der Waals surface area contributed by atoms with Crippen LogP contribution in [-0.2, 0) is 11.3 Å². The van der Waals surface area contributed by atoms with Crippen LogP contribution in [0.3, 0.4) is 0 Å². The second-order valence-electron chi connectivity index (χ2n) is 4.93. The van der Waals surface area contributed by atoms with Crippen LogP contribution in [0.4, 0.5) is 0 Å². The van der Waals surface area contributed by atoms with E-state index in [1.165, 1.54) is 0 Å². The Morgan fingerprint density at radius 1 is 1.00 bits per heavy atom. The molecule has 0 aliphatic rings. The van der Waals surface area contributed by atoms with Crippen molar-refractivity contribution in [2.75, 3.05) is 27.4 Å². The van der Waals surface area contributed by atoms with E-state index in [1.54, 1.807) is 43.4 Å². The number of carbonyl (C=O) groups excluding carboxylic acids is 1. The van der Waals surface area contributed by atoms with Crippen LogP contribution in [0, 0.1) is 0 Å². The minimum atomic E-state index is -0.0106. The first-order valence-electron chi connectivity index (χ1n) is 7.21. The molecule has 0 unspecified atom stereocenters. The van der Waals surface area contributed by atoms with E-state index in [-0.39, 0.29) is 5.91 Å². The fourth-order valence-corrected chi connectivity index (χ4v) is 2.17. The van der Waals surface area contributed by atoms with Gasteiger partial charge >= 0.3 is 0 Å². The first-order chi connectivity index (χ1) is 10.7. The summed E-state index contributed by atoms with van der Waals surface area (Å²) in [6, 6.07) is 17.1. The molecule has 0 aliphatic heterocycles. The molecule has 0 aromatic heterocycles. The van der Waals surface area contributed by atoms with Gasteiger partial charge in [0.2, 0.25) is 0 Å². The lowest BCUT2D eigenvalue weighted by Gasteiger charge is -2.22. The molecule has 22 heavy (non-hydrogen) atoms. The largest absolute Gasteiger partial charge is 0.497 e. The van der Waals surface area contributed by atoms with Gasteiger partial charge in [-0.3, -0.25) is 4.79 Å². The molecule has 2 aromatic rings. The summed E-state index contributed by atoms with van der Waals surface area (Å²) < 4.78 is 10.2. The van der Waals surface area contributed by atoms with Crippen LogP contribution < -0.4 is 4.74 Å². The van der Waals surface area contributed by atoms with Crippen molar-refractivity contribution in [3.8, 4) is 5.75 Å². The van der Waals surface area contributed by atoms with Gasteiger partial charge in [-0.05, 0) is 29.8 Å². The van der Waals surface area contributed by atoms with E-state index in [4.69, 9.17) is 9.47 Å². The molecule has 116 valence electrons. The van der Waals surface area contributed by atoms with Crippen molar-refractivity contribution >= 4 is 5.91 Å². The molecule has 0 aliphatic carbocycles. The van der Waals surface area contributed by atoms with E-state index in [0.717, 1.165) is 11.3 Å². The van der Waals surface area contributed by atoms with E-state index in [0.29, 0.717) is 25.3 Å². The summed E-state index contributed by atoms with van der Waals surface area (Å²) in [5.41, 5.74) is 1.74. The molecule has 2 aromatic carbocycles. The maximum atomic E-state index is 12.7. The zero-order valence-electron chi connectivity index (χ0n) is 13.0. The van der Waals surface area contributed by atoms with E-state index in [2.05, 4.69) is 0 Å². The Kier molecular flexibility index (Phi) is 5.98. The zero-order valence-corrected chi connectivity index (χ0v) is 13.0. The van der Waals surface area contributed by atoms with Crippen molar-refractivity contribution in [2.45, 2.75) is 6.54 Å². The summed E-state index contributed by atoms with van der Waals surface area (Å²) in [5, 5.41) is 0. The third-order valence-corrected chi connectivity index (χ3v) is 3.41. The Morgan fingerprint density at radius 2 is 1.68 bits per heavy atom. The van der Waals surface area contributed by atoms with Crippen molar-refractivity contribution in [1.82, 2.24) is 4.90 Å². The first-order valence-corrected chi connectivity index (χ1v) is 7.21. The lowest BCUT2D eigenvalue weighted by molar-refractivity contribution is 0.0680. The Hall–Kier alpha value is -2.33. The highest BCUT2D eigenvalue weighted by Crippen LogP contribution is 2.14. The summed E-state index contributed by atoms with van der Waals surface area (Å²) >= 11 is 0. The average molecular weight is 299 g/mol. The first kappa shape index (κ1) is 16.0. The van der Waals surface area contributed by atoms with E-state index in [1.807, 2.05) is 30.3 Å². The van der Waals surface area contributed by atoms with Crippen LogP contribution in [0.5, 0.6) is 5.75 Å². The van der Waals surface area contributed by atoms with Crippen LogP contribution >= 0.6 is 0 Å². The number of carbonyl (C=O) groups is 1. The van der Waals surface area contributed by atoms with Gasteiger partial charge < -0.3 is 14.4 Å². The molecule has 4 nitrogen and oxygen atoms in total. The van der Waals surface area contributed by atoms with Crippen LogP contribution in [0.1, 0.15) is 15.9 Å². The number of rotatable bonds is 7. The smallest absolute Gasteiger partial charge is 0.254 e. The lowest BCUT2D eigenvalue weighted by Crippen LogP contribution is -2.33. The van der Waals surface area contributed by atoms with E-state index >= 15 is 0 Å². The van der Waals surface area contributed by atoms with Crippen LogP contribution in [0.2, 0.25) is 0 Å². The van der Waals surface area contributed by atoms with Gasteiger partial charge in [0.05, 0.1) is 13.7 Å². The van der Waals surface area contributed by atoms with Gasteiger partial charge in [-0.15, -0.1) is 0 Å². The number of amides is 1. The maximum Gasteiger partial charge on any atom is 0.254 e. The predicted octanol–water partition coefficient (Wildman–Crippen LogP) is 2.98. The predicted molar refractivity (Wildman–Crippen MR) is 86.1 cm³/mol. The molecule has 0 fully saturated rings. The van der Waals surface area contributed by atoms with E-state index in [9.17, 15) is 4.79 Å². The summed E-state index contributed by atoms with van der Waals surface area (Å²) in [4.78, 5) is 14.5. The third kappa shape index (κ3) is 4.33. The van der Waals surface area contributed by atoms with Crippen molar-refractivity contribution in [1.29, 1.82) is 0 Å². The summed E-state index contributed by atoms with van der Waals surface area (Å²) in [5.74, 6) is 0.728. The Bertz CT molecular complexity index is 581. The van der Waals surface area contributed by atoms with Gasteiger partial charge in [-0.2, -0.15) is 0 Å². The number of hydrogen-bond acceptors (Lipinski definition) is 3. The van der Waals surface area contributed by atoms with Gasteiger partial charge in [0.1, 0.15) is 5.75 Å². The number of nitrogens with zero attached hydrogens (tertiary/aromatic N) is 1. The lowest BCUT2D eigenvalue weighted by atomic mass is 10.1. The molecule has 2 rings (SSSR count). The van der Waals surface area contributed by atoms with Crippen LogP contribution in [0.15, 0.2) is 54.6 Å². The highest BCUT2D eigenvalue weighted by atomic mass is 16.5. The summed E-state index contributed by atoms with van der Waals surface area (Å²) in [6.45, 7) is 1.63. The molecule has 1 amide bonds. The monoisotopic (exact) mass is 299 g/mol. The highest BCUT2D eigenvalue weighted by Gasteiger charge is 2.16. The van der Waals surface area contributed by atoms with Crippen molar-refractivity contribution in [3.05, 3.63) is 65.7 Å². The van der Waals surface area contributed by atoms with Crippen molar-refractivity contribution in [2.24, 2.45) is 0 Å². The van der Waals surface area contributed by atoms with Gasteiger partial charge in [-0.25, -0.2) is 0 Å². The van der Waals surface area contributed by atoms with Crippen LogP contribution in [0.25, 0.3) is 0 Å². The molecular weight excluding hydrogens is 278 g/mol. The topological polar surface area (TPSA) is 38.8 Å². The molecule has 0 saturated carbocycles. The van der Waals surface area contributed by atoms with Crippen LogP contribution in [-0.4, -0.2) is 38.2 Å². The normalized spacial score (nSPS) is 10.3. The molecule has 0 saturated heterocycles. The summed E-state index contributed by atoms with van der Waals surface area (Å²) in [6.07, 6.45) is 0. The SMILES string of the molecule is COCCN(Cc1ccccc1)C(=O)c1ccc(OC)cc1. The highest BCUT2D eigenvalue weighted by molar-refractivity contribution is 5.94. The molecule has 0 spiro atoms. The molecule has 0 bridgehead atoms. The molecular formula is C18H21NO3.